The molecule has 3 N–H and O–H groups in total. The van der Waals surface area contributed by atoms with Crippen LogP contribution in [-0.2, 0) is 6.54 Å². The minimum absolute atomic E-state index is 0.0477. The lowest BCUT2D eigenvalue weighted by Gasteiger charge is -2.16. The lowest BCUT2D eigenvalue weighted by molar-refractivity contribution is 0.212. The number of rotatable bonds is 6. The first-order valence-electron chi connectivity index (χ1n) is 7.05. The molecule has 0 bridgehead atoms. The highest BCUT2D eigenvalue weighted by Crippen LogP contribution is 2.44. The summed E-state index contributed by atoms with van der Waals surface area (Å²) in [5.74, 6) is 0.498. The van der Waals surface area contributed by atoms with Gasteiger partial charge >= 0.3 is 0 Å². The maximum absolute atomic E-state index is 12.8. The van der Waals surface area contributed by atoms with E-state index in [1.807, 2.05) is 6.92 Å². The van der Waals surface area contributed by atoms with Crippen molar-refractivity contribution in [3.8, 4) is 0 Å². The van der Waals surface area contributed by atoms with Crippen molar-refractivity contribution in [1.82, 2.24) is 10.6 Å². The quantitative estimate of drug-likeness (QED) is 0.548. The number of aliphatic imine (C=N–C) groups is 1. The second-order valence-corrected chi connectivity index (χ2v) is 5.33. The minimum atomic E-state index is -0.235. The van der Waals surface area contributed by atoms with Crippen LogP contribution in [-0.4, -0.2) is 30.8 Å². The fourth-order valence-corrected chi connectivity index (χ4v) is 1.94. The summed E-state index contributed by atoms with van der Waals surface area (Å²) in [7, 11) is 0. The molecule has 110 valence electrons. The number of hydrogen-bond donors (Lipinski definition) is 3. The maximum Gasteiger partial charge on any atom is 0.191 e. The Labute approximate surface area is 119 Å². The van der Waals surface area contributed by atoms with E-state index in [0.717, 1.165) is 37.5 Å². The van der Waals surface area contributed by atoms with E-state index < -0.39 is 0 Å². The van der Waals surface area contributed by atoms with Crippen LogP contribution in [0.4, 0.5) is 4.39 Å². The molecule has 0 spiro atoms. The van der Waals surface area contributed by atoms with Crippen LogP contribution in [0.5, 0.6) is 0 Å². The van der Waals surface area contributed by atoms with Gasteiger partial charge in [0.1, 0.15) is 5.82 Å². The predicted octanol–water partition coefficient (Wildman–Crippen LogP) is 1.65. The van der Waals surface area contributed by atoms with E-state index in [-0.39, 0.29) is 17.8 Å². The average Bonchev–Trinajstić information content (AvgIpc) is 3.24. The first kappa shape index (κ1) is 14.8. The van der Waals surface area contributed by atoms with E-state index in [1.165, 1.54) is 12.1 Å². The Bertz CT molecular complexity index is 455. The Morgan fingerprint density at radius 1 is 1.30 bits per heavy atom. The largest absolute Gasteiger partial charge is 0.396 e. The van der Waals surface area contributed by atoms with E-state index in [4.69, 9.17) is 0 Å². The second-order valence-electron chi connectivity index (χ2n) is 5.33. The summed E-state index contributed by atoms with van der Waals surface area (Å²) in [6.07, 6.45) is 2.13. The van der Waals surface area contributed by atoms with Crippen molar-refractivity contribution in [1.29, 1.82) is 0 Å². The standard InChI is InChI=1S/C15H22FN3O/c1-2-17-14(19-10-15(11-20)7-8-15)18-9-12-3-5-13(16)6-4-12/h3-6,20H,2,7-11H2,1H3,(H2,17,18,19). The Hall–Kier alpha value is -1.62. The van der Waals surface area contributed by atoms with Crippen LogP contribution in [0.3, 0.4) is 0 Å². The molecule has 5 heteroatoms. The molecule has 0 aliphatic heterocycles. The molecule has 1 saturated carbocycles. The van der Waals surface area contributed by atoms with Gasteiger partial charge in [0.05, 0.1) is 13.2 Å². The Kier molecular flexibility index (Phi) is 4.95. The lowest BCUT2D eigenvalue weighted by atomic mass is 10.1. The van der Waals surface area contributed by atoms with Gasteiger partial charge in [0, 0.05) is 18.5 Å². The van der Waals surface area contributed by atoms with Gasteiger partial charge in [-0.15, -0.1) is 0 Å². The lowest BCUT2D eigenvalue weighted by Crippen LogP contribution is -2.41. The fourth-order valence-electron chi connectivity index (χ4n) is 1.94. The van der Waals surface area contributed by atoms with E-state index in [0.29, 0.717) is 6.54 Å². The highest BCUT2D eigenvalue weighted by molar-refractivity contribution is 5.79. The van der Waals surface area contributed by atoms with Gasteiger partial charge in [-0.05, 0) is 37.5 Å². The monoisotopic (exact) mass is 279 g/mol. The summed E-state index contributed by atoms with van der Waals surface area (Å²) in [5.41, 5.74) is 1.01. The van der Waals surface area contributed by atoms with Crippen LogP contribution < -0.4 is 10.6 Å². The third-order valence-corrected chi connectivity index (χ3v) is 3.60. The average molecular weight is 279 g/mol. The fraction of sp³-hybridized carbons (Fsp3) is 0.533. The summed E-state index contributed by atoms with van der Waals surface area (Å²) < 4.78 is 12.8. The molecule has 1 aromatic carbocycles. The van der Waals surface area contributed by atoms with Gasteiger partial charge in [-0.2, -0.15) is 0 Å². The van der Waals surface area contributed by atoms with E-state index in [9.17, 15) is 9.50 Å². The van der Waals surface area contributed by atoms with Gasteiger partial charge < -0.3 is 15.7 Å². The van der Waals surface area contributed by atoms with Crippen molar-refractivity contribution in [2.24, 2.45) is 10.4 Å². The van der Waals surface area contributed by atoms with Crippen molar-refractivity contribution < 1.29 is 9.50 Å². The number of aliphatic hydroxyl groups is 1. The van der Waals surface area contributed by atoms with Gasteiger partial charge in [0.25, 0.3) is 0 Å². The van der Waals surface area contributed by atoms with E-state index >= 15 is 0 Å². The molecular formula is C15H22FN3O. The molecule has 4 nitrogen and oxygen atoms in total. The van der Waals surface area contributed by atoms with Gasteiger partial charge in [-0.1, -0.05) is 12.1 Å². The van der Waals surface area contributed by atoms with Crippen LogP contribution in [0.25, 0.3) is 0 Å². The predicted molar refractivity (Wildman–Crippen MR) is 78.0 cm³/mol. The number of nitrogens with zero attached hydrogens (tertiary/aromatic N) is 1. The molecule has 0 aromatic heterocycles. The zero-order valence-corrected chi connectivity index (χ0v) is 11.8. The highest BCUT2D eigenvalue weighted by Gasteiger charge is 2.41. The molecule has 0 amide bonds. The zero-order valence-electron chi connectivity index (χ0n) is 11.8. The molecule has 0 unspecified atom stereocenters. The van der Waals surface area contributed by atoms with Gasteiger partial charge in [-0.3, -0.25) is 0 Å². The zero-order chi connectivity index (χ0) is 14.4. The molecular weight excluding hydrogens is 257 g/mol. The molecule has 1 aliphatic carbocycles. The summed E-state index contributed by atoms with van der Waals surface area (Å²) in [6.45, 7) is 4.24. The van der Waals surface area contributed by atoms with Crippen LogP contribution in [0, 0.1) is 11.2 Å². The van der Waals surface area contributed by atoms with Crippen LogP contribution in [0.1, 0.15) is 25.3 Å². The normalized spacial score (nSPS) is 16.9. The summed E-state index contributed by atoms with van der Waals surface area (Å²) in [5, 5.41) is 15.7. The molecule has 1 fully saturated rings. The van der Waals surface area contributed by atoms with Crippen LogP contribution >= 0.6 is 0 Å². The maximum atomic E-state index is 12.8. The molecule has 0 atom stereocenters. The van der Waals surface area contributed by atoms with Gasteiger partial charge in [-0.25, -0.2) is 9.38 Å². The minimum Gasteiger partial charge on any atom is -0.396 e. The second kappa shape index (κ2) is 6.70. The van der Waals surface area contributed by atoms with E-state index in [2.05, 4.69) is 15.6 Å². The third kappa shape index (κ3) is 4.20. The van der Waals surface area contributed by atoms with Crippen molar-refractivity contribution >= 4 is 5.96 Å². The first-order valence-corrected chi connectivity index (χ1v) is 7.05. The number of benzene rings is 1. The number of hydrogen-bond acceptors (Lipinski definition) is 2. The van der Waals surface area contributed by atoms with Crippen molar-refractivity contribution in [3.63, 3.8) is 0 Å². The van der Waals surface area contributed by atoms with Crippen LogP contribution in [0.2, 0.25) is 0 Å². The van der Waals surface area contributed by atoms with Crippen molar-refractivity contribution in [2.45, 2.75) is 26.3 Å². The number of halogens is 1. The molecule has 2 rings (SSSR count). The van der Waals surface area contributed by atoms with Gasteiger partial charge in [0.15, 0.2) is 5.96 Å². The highest BCUT2D eigenvalue weighted by atomic mass is 19.1. The van der Waals surface area contributed by atoms with E-state index in [1.54, 1.807) is 12.1 Å². The molecule has 0 saturated heterocycles. The third-order valence-electron chi connectivity index (χ3n) is 3.60. The van der Waals surface area contributed by atoms with Crippen LogP contribution in [0.15, 0.2) is 29.3 Å². The van der Waals surface area contributed by atoms with Crippen molar-refractivity contribution in [3.05, 3.63) is 35.6 Å². The molecule has 1 aromatic rings. The molecule has 1 aliphatic rings. The molecule has 0 radical (unpaired) electrons. The molecule has 0 heterocycles. The Morgan fingerprint density at radius 3 is 2.55 bits per heavy atom. The Morgan fingerprint density at radius 2 is 2.00 bits per heavy atom. The molecule has 20 heavy (non-hydrogen) atoms. The van der Waals surface area contributed by atoms with Gasteiger partial charge in [0.2, 0.25) is 0 Å². The number of nitrogens with one attached hydrogen (secondary N) is 2. The first-order chi connectivity index (χ1) is 9.67. The smallest absolute Gasteiger partial charge is 0.191 e. The summed E-state index contributed by atoms with van der Waals surface area (Å²) >= 11 is 0. The topological polar surface area (TPSA) is 56.7 Å². The number of aliphatic hydroxyl groups excluding tert-OH is 1. The summed E-state index contributed by atoms with van der Waals surface area (Å²) in [6, 6.07) is 6.35. The Balaban J connectivity index is 1.89. The SMILES string of the molecule is CCNC(=NCc1ccc(F)cc1)NCC1(CO)CC1. The summed E-state index contributed by atoms with van der Waals surface area (Å²) in [4.78, 5) is 4.47. The number of guanidine groups is 1. The van der Waals surface area contributed by atoms with Crippen molar-refractivity contribution in [2.75, 3.05) is 19.7 Å².